The van der Waals surface area contributed by atoms with Gasteiger partial charge in [0.15, 0.2) is 0 Å². The lowest BCUT2D eigenvalue weighted by Crippen LogP contribution is -1.87. The topological polar surface area (TPSA) is 12.9 Å². The third-order valence-electron chi connectivity index (χ3n) is 1.97. The summed E-state index contributed by atoms with van der Waals surface area (Å²) in [5.74, 6) is 0. The Labute approximate surface area is 106 Å². The van der Waals surface area contributed by atoms with Crippen LogP contribution in [0.1, 0.15) is 30.1 Å². The summed E-state index contributed by atoms with van der Waals surface area (Å²) in [5, 5.41) is 4.00. The van der Waals surface area contributed by atoms with Crippen LogP contribution in [0.25, 0.3) is 0 Å². The van der Waals surface area contributed by atoms with Crippen molar-refractivity contribution < 1.29 is 0 Å². The summed E-state index contributed by atoms with van der Waals surface area (Å²) < 4.78 is 0. The fourth-order valence-electron chi connectivity index (χ4n) is 1.30. The third kappa shape index (κ3) is 3.95. The number of thiazole rings is 1. The molecular weight excluding hydrogens is 238 g/mol. The zero-order chi connectivity index (χ0) is 12.0. The van der Waals surface area contributed by atoms with Crippen LogP contribution in [0.5, 0.6) is 0 Å². The molecule has 0 aliphatic carbocycles. The van der Waals surface area contributed by atoms with Crippen LogP contribution in [-0.2, 0) is 6.42 Å². The molecule has 1 aromatic heterocycles. The van der Waals surface area contributed by atoms with Crippen LogP contribution in [0.15, 0.2) is 29.6 Å². The van der Waals surface area contributed by atoms with Crippen molar-refractivity contribution in [3.05, 3.63) is 50.9 Å². The second kappa shape index (κ2) is 6.66. The average Bonchev–Trinajstić information content (AvgIpc) is 2.70. The highest BCUT2D eigenvalue weighted by Gasteiger charge is 1.99. The summed E-state index contributed by atoms with van der Waals surface area (Å²) >= 11 is 7.49. The van der Waals surface area contributed by atoms with Crippen molar-refractivity contribution in [2.45, 2.75) is 27.2 Å². The van der Waals surface area contributed by atoms with Crippen LogP contribution in [0.4, 0.5) is 0 Å². The minimum Gasteiger partial charge on any atom is -0.246 e. The van der Waals surface area contributed by atoms with E-state index in [9.17, 15) is 0 Å². The number of aryl methyl sites for hydroxylation is 1. The Bertz CT molecular complexity index is 420. The van der Waals surface area contributed by atoms with Gasteiger partial charge in [0, 0.05) is 16.8 Å². The Morgan fingerprint density at radius 2 is 1.81 bits per heavy atom. The first-order chi connectivity index (χ1) is 7.74. The number of hydrogen-bond acceptors (Lipinski definition) is 2. The van der Waals surface area contributed by atoms with Gasteiger partial charge >= 0.3 is 0 Å². The van der Waals surface area contributed by atoms with Gasteiger partial charge in [0.05, 0.1) is 10.7 Å². The lowest BCUT2D eigenvalue weighted by atomic mass is 10.1. The van der Waals surface area contributed by atoms with Crippen molar-refractivity contribution in [2.75, 3.05) is 0 Å². The van der Waals surface area contributed by atoms with Crippen LogP contribution in [0.2, 0.25) is 5.02 Å². The van der Waals surface area contributed by atoms with Crippen molar-refractivity contribution >= 4 is 22.9 Å². The van der Waals surface area contributed by atoms with Gasteiger partial charge < -0.3 is 0 Å². The smallest absolute Gasteiger partial charge is 0.0897 e. The number of hydrogen-bond donors (Lipinski definition) is 0. The second-order valence-corrected chi connectivity index (χ2v) is 4.66. The van der Waals surface area contributed by atoms with E-state index >= 15 is 0 Å². The maximum absolute atomic E-state index is 5.81. The molecule has 0 aliphatic rings. The molecule has 0 saturated heterocycles. The molecule has 0 atom stereocenters. The van der Waals surface area contributed by atoms with Gasteiger partial charge in [-0.05, 0) is 24.6 Å². The number of nitrogens with zero attached hydrogens (tertiary/aromatic N) is 1. The molecule has 1 aromatic carbocycles. The maximum atomic E-state index is 5.81. The van der Waals surface area contributed by atoms with Gasteiger partial charge in [0.25, 0.3) is 0 Å². The third-order valence-corrected chi connectivity index (χ3v) is 3.04. The van der Waals surface area contributed by atoms with E-state index in [2.05, 4.69) is 10.4 Å². The summed E-state index contributed by atoms with van der Waals surface area (Å²) in [6.45, 7) is 6.02. The second-order valence-electron chi connectivity index (χ2n) is 3.16. The highest BCUT2D eigenvalue weighted by molar-refractivity contribution is 7.09. The Balaban J connectivity index is 0.000000606. The van der Waals surface area contributed by atoms with E-state index in [1.54, 1.807) is 11.3 Å². The molecule has 3 heteroatoms. The van der Waals surface area contributed by atoms with Gasteiger partial charge in [0.1, 0.15) is 0 Å². The van der Waals surface area contributed by atoms with Gasteiger partial charge in [-0.25, -0.2) is 4.98 Å². The summed E-state index contributed by atoms with van der Waals surface area (Å²) in [6.07, 6.45) is 0.890. The highest BCUT2D eigenvalue weighted by Crippen LogP contribution is 2.15. The van der Waals surface area contributed by atoms with E-state index in [0.29, 0.717) is 0 Å². The summed E-state index contributed by atoms with van der Waals surface area (Å²) in [5.41, 5.74) is 2.38. The van der Waals surface area contributed by atoms with Crippen molar-refractivity contribution in [3.63, 3.8) is 0 Å². The highest BCUT2D eigenvalue weighted by atomic mass is 35.5. The molecule has 0 saturated carbocycles. The Kier molecular flexibility index (Phi) is 5.50. The van der Waals surface area contributed by atoms with E-state index in [0.717, 1.165) is 22.1 Å². The van der Waals surface area contributed by atoms with Gasteiger partial charge in [0.2, 0.25) is 0 Å². The molecule has 0 aliphatic heterocycles. The fourth-order valence-corrected chi connectivity index (χ4v) is 2.04. The predicted molar refractivity (Wildman–Crippen MR) is 72.5 cm³/mol. The molecule has 0 bridgehead atoms. The Morgan fingerprint density at radius 3 is 2.31 bits per heavy atom. The zero-order valence-electron chi connectivity index (χ0n) is 9.83. The molecule has 2 rings (SSSR count). The summed E-state index contributed by atoms with van der Waals surface area (Å²) in [6, 6.07) is 7.90. The number of benzene rings is 1. The van der Waals surface area contributed by atoms with E-state index in [1.165, 1.54) is 5.56 Å². The first kappa shape index (κ1) is 13.2. The zero-order valence-corrected chi connectivity index (χ0v) is 11.4. The average molecular weight is 254 g/mol. The van der Waals surface area contributed by atoms with Crippen LogP contribution in [0, 0.1) is 6.92 Å². The van der Waals surface area contributed by atoms with Gasteiger partial charge in [-0.15, -0.1) is 11.3 Å². The molecule has 0 fully saturated rings. The van der Waals surface area contributed by atoms with E-state index in [1.807, 2.05) is 45.0 Å². The number of halogens is 1. The lowest BCUT2D eigenvalue weighted by Gasteiger charge is -1.97. The van der Waals surface area contributed by atoms with E-state index < -0.39 is 0 Å². The molecule has 86 valence electrons. The number of rotatable bonds is 2. The molecule has 0 N–H and O–H groups in total. The monoisotopic (exact) mass is 253 g/mol. The summed E-state index contributed by atoms with van der Waals surface area (Å²) in [7, 11) is 0. The van der Waals surface area contributed by atoms with Crippen LogP contribution in [-0.4, -0.2) is 4.98 Å². The minimum atomic E-state index is 0.781. The molecular formula is C13H16ClNS. The normalized spacial score (nSPS) is 9.50. The van der Waals surface area contributed by atoms with Crippen molar-refractivity contribution in [2.24, 2.45) is 0 Å². The maximum Gasteiger partial charge on any atom is 0.0897 e. The minimum absolute atomic E-state index is 0.781. The van der Waals surface area contributed by atoms with Crippen LogP contribution >= 0.6 is 22.9 Å². The van der Waals surface area contributed by atoms with Crippen molar-refractivity contribution in [1.82, 2.24) is 4.98 Å². The molecule has 0 amide bonds. The van der Waals surface area contributed by atoms with Crippen LogP contribution in [0.3, 0.4) is 0 Å². The predicted octanol–water partition coefficient (Wildman–Crippen LogP) is 4.72. The standard InChI is InChI=1S/C11H10ClNS.C2H6/c1-8-13-11(7-14-8)6-9-2-4-10(12)5-3-9;1-2/h2-5,7H,6H2,1H3;1-2H3. The van der Waals surface area contributed by atoms with E-state index in [4.69, 9.17) is 11.6 Å². The largest absolute Gasteiger partial charge is 0.246 e. The van der Waals surface area contributed by atoms with Gasteiger partial charge in [-0.2, -0.15) is 0 Å². The molecule has 0 spiro atoms. The lowest BCUT2D eigenvalue weighted by molar-refractivity contribution is 1.08. The molecule has 1 heterocycles. The molecule has 1 nitrogen and oxygen atoms in total. The van der Waals surface area contributed by atoms with Gasteiger partial charge in [-0.3, -0.25) is 0 Å². The van der Waals surface area contributed by atoms with Crippen molar-refractivity contribution in [3.8, 4) is 0 Å². The first-order valence-corrected chi connectivity index (χ1v) is 6.65. The first-order valence-electron chi connectivity index (χ1n) is 5.39. The SMILES string of the molecule is CC.Cc1nc(Cc2ccc(Cl)cc2)cs1. The molecule has 16 heavy (non-hydrogen) atoms. The summed E-state index contributed by atoms with van der Waals surface area (Å²) in [4.78, 5) is 4.41. The van der Waals surface area contributed by atoms with E-state index in [-0.39, 0.29) is 0 Å². The number of aromatic nitrogens is 1. The van der Waals surface area contributed by atoms with Crippen LogP contribution < -0.4 is 0 Å². The Morgan fingerprint density at radius 1 is 1.19 bits per heavy atom. The molecule has 2 aromatic rings. The Hall–Kier alpha value is -0.860. The molecule has 0 radical (unpaired) electrons. The molecule has 0 unspecified atom stereocenters. The van der Waals surface area contributed by atoms with Gasteiger partial charge in [-0.1, -0.05) is 37.6 Å². The van der Waals surface area contributed by atoms with Crippen molar-refractivity contribution in [1.29, 1.82) is 0 Å². The quantitative estimate of drug-likeness (QED) is 0.755. The fraction of sp³-hybridized carbons (Fsp3) is 0.308.